The lowest BCUT2D eigenvalue weighted by atomic mass is 10.1. The van der Waals surface area contributed by atoms with Gasteiger partial charge in [0.05, 0.1) is 12.2 Å². The largest absolute Gasteiger partial charge is 0.363 e. The van der Waals surface area contributed by atoms with E-state index in [9.17, 15) is 4.79 Å². The average Bonchev–Trinajstić information content (AvgIpc) is 3.29. The molecule has 120 valence electrons. The van der Waals surface area contributed by atoms with Crippen molar-refractivity contribution in [2.24, 2.45) is 7.05 Å². The first-order chi connectivity index (χ1) is 11.1. The van der Waals surface area contributed by atoms with Crippen molar-refractivity contribution < 1.29 is 4.79 Å². The van der Waals surface area contributed by atoms with E-state index in [0.29, 0.717) is 18.2 Å². The van der Waals surface area contributed by atoms with Crippen molar-refractivity contribution >= 4 is 11.7 Å². The third-order valence-electron chi connectivity index (χ3n) is 4.42. The highest BCUT2D eigenvalue weighted by molar-refractivity contribution is 5.96. The number of nitrogens with one attached hydrogen (secondary N) is 2. The summed E-state index contributed by atoms with van der Waals surface area (Å²) < 4.78 is 1.78. The number of carbonyl (C=O) groups is 1. The van der Waals surface area contributed by atoms with E-state index in [4.69, 9.17) is 4.98 Å². The summed E-state index contributed by atoms with van der Waals surface area (Å²) >= 11 is 0. The highest BCUT2D eigenvalue weighted by Gasteiger charge is 2.31. The maximum atomic E-state index is 12.1. The van der Waals surface area contributed by atoms with Gasteiger partial charge in [0.1, 0.15) is 17.3 Å². The van der Waals surface area contributed by atoms with Crippen LogP contribution >= 0.6 is 0 Å². The van der Waals surface area contributed by atoms with Crippen LogP contribution in [0.25, 0.3) is 0 Å². The van der Waals surface area contributed by atoms with E-state index in [1.807, 2.05) is 19.4 Å². The first-order valence-corrected chi connectivity index (χ1v) is 8.06. The van der Waals surface area contributed by atoms with E-state index in [-0.39, 0.29) is 11.9 Å². The second kappa shape index (κ2) is 5.33. The molecule has 2 aliphatic rings. The van der Waals surface area contributed by atoms with Crippen molar-refractivity contribution in [2.45, 2.75) is 38.1 Å². The molecule has 1 amide bonds. The highest BCUT2D eigenvalue weighted by Crippen LogP contribution is 2.39. The highest BCUT2D eigenvalue weighted by atomic mass is 16.1. The number of nitrogens with zero attached hydrogens (tertiary/aromatic N) is 4. The molecule has 4 rings (SSSR count). The number of anilines is 1. The molecule has 2 N–H and O–H groups in total. The minimum atomic E-state index is -0.0902. The molecule has 1 unspecified atom stereocenters. The lowest BCUT2D eigenvalue weighted by Crippen LogP contribution is -2.34. The number of hydrogen-bond acceptors (Lipinski definition) is 5. The zero-order valence-electron chi connectivity index (χ0n) is 13.3. The zero-order chi connectivity index (χ0) is 16.0. The molecule has 0 bridgehead atoms. The van der Waals surface area contributed by atoms with Crippen LogP contribution in [0.3, 0.4) is 0 Å². The lowest BCUT2D eigenvalue weighted by molar-refractivity contribution is 0.0940. The summed E-state index contributed by atoms with van der Waals surface area (Å²) in [5.41, 5.74) is 2.55. The van der Waals surface area contributed by atoms with Crippen molar-refractivity contribution in [3.8, 4) is 0 Å². The predicted molar refractivity (Wildman–Crippen MR) is 85.3 cm³/mol. The fourth-order valence-electron chi connectivity index (χ4n) is 2.91. The van der Waals surface area contributed by atoms with E-state index < -0.39 is 0 Å². The van der Waals surface area contributed by atoms with Crippen LogP contribution in [0.2, 0.25) is 0 Å². The van der Waals surface area contributed by atoms with Gasteiger partial charge in [-0.05, 0) is 26.2 Å². The first kappa shape index (κ1) is 14.2. The number of aromatic nitrogens is 4. The molecule has 3 heterocycles. The van der Waals surface area contributed by atoms with Crippen LogP contribution < -0.4 is 10.6 Å². The van der Waals surface area contributed by atoms with Crippen molar-refractivity contribution in [2.75, 3.05) is 11.9 Å². The molecular weight excluding hydrogens is 292 g/mol. The molecule has 0 aromatic carbocycles. The van der Waals surface area contributed by atoms with E-state index in [2.05, 4.69) is 27.6 Å². The normalized spacial score (nSPS) is 18.3. The van der Waals surface area contributed by atoms with E-state index in [1.165, 1.54) is 0 Å². The quantitative estimate of drug-likeness (QED) is 0.894. The number of amides is 1. The van der Waals surface area contributed by atoms with Gasteiger partial charge in [0.25, 0.3) is 5.91 Å². The Labute approximate surface area is 134 Å². The minimum absolute atomic E-state index is 0.0692. The van der Waals surface area contributed by atoms with Crippen LogP contribution in [0, 0.1) is 0 Å². The molecule has 23 heavy (non-hydrogen) atoms. The van der Waals surface area contributed by atoms with Crippen LogP contribution in [0.4, 0.5) is 5.82 Å². The van der Waals surface area contributed by atoms with Gasteiger partial charge in [0.15, 0.2) is 0 Å². The van der Waals surface area contributed by atoms with Gasteiger partial charge in [-0.15, -0.1) is 0 Å². The Morgan fingerprint density at radius 3 is 2.91 bits per heavy atom. The monoisotopic (exact) mass is 312 g/mol. The van der Waals surface area contributed by atoms with Crippen molar-refractivity contribution in [3.05, 3.63) is 35.0 Å². The van der Waals surface area contributed by atoms with Crippen molar-refractivity contribution in [1.82, 2.24) is 25.1 Å². The molecule has 0 saturated heterocycles. The van der Waals surface area contributed by atoms with Gasteiger partial charge >= 0.3 is 0 Å². The molecule has 7 heteroatoms. The topological polar surface area (TPSA) is 84.7 Å². The fourth-order valence-corrected chi connectivity index (χ4v) is 2.91. The Morgan fingerprint density at radius 1 is 1.39 bits per heavy atom. The summed E-state index contributed by atoms with van der Waals surface area (Å²) in [6, 6.07) is 0.0692. The number of rotatable bonds is 4. The SMILES string of the molecule is CC(Nc1nc(C2CC2)nc2c1CCNC2=O)c1cnn(C)c1. The lowest BCUT2D eigenvalue weighted by Gasteiger charge is -2.22. The van der Waals surface area contributed by atoms with Gasteiger partial charge in [-0.25, -0.2) is 9.97 Å². The van der Waals surface area contributed by atoms with Crippen molar-refractivity contribution in [1.29, 1.82) is 0 Å². The summed E-state index contributed by atoms with van der Waals surface area (Å²) in [5, 5.41) is 10.5. The Bertz CT molecular complexity index is 764. The molecule has 0 radical (unpaired) electrons. The van der Waals surface area contributed by atoms with Crippen molar-refractivity contribution in [3.63, 3.8) is 0 Å². The third kappa shape index (κ3) is 2.67. The Morgan fingerprint density at radius 2 is 2.22 bits per heavy atom. The van der Waals surface area contributed by atoms with Gasteiger partial charge in [-0.2, -0.15) is 5.10 Å². The van der Waals surface area contributed by atoms with E-state index >= 15 is 0 Å². The summed E-state index contributed by atoms with van der Waals surface area (Å²) in [6.07, 6.45) is 6.81. The Kier molecular flexibility index (Phi) is 3.28. The van der Waals surface area contributed by atoms with E-state index in [0.717, 1.165) is 42.0 Å². The number of fused-ring (bicyclic) bond motifs is 1. The van der Waals surface area contributed by atoms with E-state index in [1.54, 1.807) is 4.68 Å². The van der Waals surface area contributed by atoms with Crippen LogP contribution in [0.5, 0.6) is 0 Å². The third-order valence-corrected chi connectivity index (χ3v) is 4.42. The number of hydrogen-bond donors (Lipinski definition) is 2. The number of carbonyl (C=O) groups excluding carboxylic acids is 1. The second-order valence-corrected chi connectivity index (χ2v) is 6.35. The molecule has 1 atom stereocenters. The van der Waals surface area contributed by atoms with Gasteiger partial charge in [0.2, 0.25) is 0 Å². The summed E-state index contributed by atoms with van der Waals surface area (Å²) in [5.74, 6) is 1.90. The molecule has 2 aromatic heterocycles. The fraction of sp³-hybridized carbons (Fsp3) is 0.500. The van der Waals surface area contributed by atoms with Crippen LogP contribution in [0.15, 0.2) is 12.4 Å². The standard InChI is InChI=1S/C16H20N6O/c1-9(11-7-18-22(2)8-11)19-15-12-5-6-17-16(23)13(12)20-14(21-15)10-3-4-10/h7-10H,3-6H2,1-2H3,(H,17,23)(H,19,20,21). The summed E-state index contributed by atoms with van der Waals surface area (Å²) in [4.78, 5) is 21.4. The van der Waals surface area contributed by atoms with Crippen LogP contribution in [-0.2, 0) is 13.5 Å². The average molecular weight is 312 g/mol. The summed E-state index contributed by atoms with van der Waals surface area (Å²) in [7, 11) is 1.90. The zero-order valence-corrected chi connectivity index (χ0v) is 13.3. The molecular formula is C16H20N6O. The number of aryl methyl sites for hydroxylation is 1. The molecule has 1 saturated carbocycles. The Balaban J connectivity index is 1.70. The molecule has 1 aliphatic heterocycles. The van der Waals surface area contributed by atoms with Gasteiger partial charge in [0, 0.05) is 36.8 Å². The molecule has 1 aliphatic carbocycles. The smallest absolute Gasteiger partial charge is 0.270 e. The van der Waals surface area contributed by atoms with Crippen LogP contribution in [-0.4, -0.2) is 32.2 Å². The molecule has 1 fully saturated rings. The maximum Gasteiger partial charge on any atom is 0.270 e. The van der Waals surface area contributed by atoms with Gasteiger partial charge < -0.3 is 10.6 Å². The summed E-state index contributed by atoms with van der Waals surface area (Å²) in [6.45, 7) is 2.71. The van der Waals surface area contributed by atoms with Gasteiger partial charge in [-0.1, -0.05) is 0 Å². The Hall–Kier alpha value is -2.44. The predicted octanol–water partition coefficient (Wildman–Crippen LogP) is 1.55. The van der Waals surface area contributed by atoms with Gasteiger partial charge in [-0.3, -0.25) is 9.48 Å². The molecule has 2 aromatic rings. The maximum absolute atomic E-state index is 12.1. The minimum Gasteiger partial charge on any atom is -0.363 e. The molecule has 7 nitrogen and oxygen atoms in total. The molecule has 0 spiro atoms. The first-order valence-electron chi connectivity index (χ1n) is 8.06. The van der Waals surface area contributed by atoms with Crippen LogP contribution in [0.1, 0.15) is 59.2 Å². The second-order valence-electron chi connectivity index (χ2n) is 6.35.